The number of thiophene rings is 1. The number of nitrogens with one attached hydrogen (secondary N) is 1. The molecule has 2 aromatic rings. The van der Waals surface area contributed by atoms with Crippen LogP contribution >= 0.6 is 11.3 Å². The summed E-state index contributed by atoms with van der Waals surface area (Å²) in [7, 11) is 1.76. The maximum absolute atomic E-state index is 12.1. The Bertz CT molecular complexity index is 687. The van der Waals surface area contributed by atoms with Gasteiger partial charge in [-0.2, -0.15) is 0 Å². The number of carbonyl (C=O) groups is 1. The van der Waals surface area contributed by atoms with Crippen LogP contribution in [0.15, 0.2) is 52.9 Å². The van der Waals surface area contributed by atoms with Crippen molar-refractivity contribution < 1.29 is 9.53 Å². The summed E-state index contributed by atoms with van der Waals surface area (Å²) < 4.78 is 5.09. The molecule has 1 atom stereocenters. The molecule has 1 aromatic carbocycles. The molecular formula is C16H18N4O2S. The molecule has 23 heavy (non-hydrogen) atoms. The molecule has 120 valence electrons. The van der Waals surface area contributed by atoms with Crippen molar-refractivity contribution in [3.8, 4) is 0 Å². The number of carbonyl (C=O) groups excluding carboxylic acids is 1. The van der Waals surface area contributed by atoms with Crippen molar-refractivity contribution in [1.82, 2.24) is 10.4 Å². The molecule has 2 heterocycles. The predicted molar refractivity (Wildman–Crippen MR) is 90.9 cm³/mol. The average molecular weight is 330 g/mol. The van der Waals surface area contributed by atoms with Crippen LogP contribution in [-0.4, -0.2) is 30.5 Å². The monoisotopic (exact) mass is 330 g/mol. The normalized spacial score (nSPS) is 17.8. The molecular weight excluding hydrogens is 312 g/mol. The fourth-order valence-electron chi connectivity index (χ4n) is 2.32. The second kappa shape index (κ2) is 6.80. The molecule has 0 spiro atoms. The number of hydrazine groups is 1. The topological polar surface area (TPSA) is 57.2 Å². The molecule has 1 aliphatic heterocycles. The number of ether oxygens (including phenoxy) is 1. The summed E-state index contributed by atoms with van der Waals surface area (Å²) in [6.07, 6.45) is -0.180. The predicted octanol–water partition coefficient (Wildman–Crippen LogP) is 2.58. The van der Waals surface area contributed by atoms with Crippen LogP contribution in [0.3, 0.4) is 0 Å². The van der Waals surface area contributed by atoms with Gasteiger partial charge in [0.25, 0.3) is 0 Å². The van der Waals surface area contributed by atoms with Crippen molar-refractivity contribution in [1.29, 1.82) is 0 Å². The molecule has 0 amide bonds. The van der Waals surface area contributed by atoms with Crippen LogP contribution in [0.5, 0.6) is 0 Å². The van der Waals surface area contributed by atoms with Gasteiger partial charge in [0.2, 0.25) is 5.84 Å². The number of hydrogen-bond donors (Lipinski definition) is 1. The van der Waals surface area contributed by atoms with Crippen LogP contribution in [-0.2, 0) is 9.53 Å². The molecule has 7 heteroatoms. The first-order chi connectivity index (χ1) is 11.2. The highest BCUT2D eigenvalue weighted by molar-refractivity contribution is 7.10. The Morgan fingerprint density at radius 1 is 1.30 bits per heavy atom. The van der Waals surface area contributed by atoms with E-state index in [4.69, 9.17) is 4.74 Å². The Labute approximate surface area is 138 Å². The molecule has 3 rings (SSSR count). The largest absolute Gasteiger partial charge is 0.460 e. The van der Waals surface area contributed by atoms with Crippen LogP contribution in [0.1, 0.15) is 18.0 Å². The van der Waals surface area contributed by atoms with Gasteiger partial charge in [0.1, 0.15) is 0 Å². The first kappa shape index (κ1) is 15.5. The Morgan fingerprint density at radius 3 is 2.74 bits per heavy atom. The number of likely N-dealkylation sites (N-methyl/N-ethyl adjacent to an activating group) is 1. The van der Waals surface area contributed by atoms with Crippen molar-refractivity contribution in [2.75, 3.05) is 18.7 Å². The van der Waals surface area contributed by atoms with Gasteiger partial charge in [-0.1, -0.05) is 24.3 Å². The summed E-state index contributed by atoms with van der Waals surface area (Å²) >= 11 is 1.63. The van der Waals surface area contributed by atoms with Crippen molar-refractivity contribution in [2.45, 2.75) is 13.1 Å². The van der Waals surface area contributed by atoms with Gasteiger partial charge >= 0.3 is 5.97 Å². The SMILES string of the molecule is CCOC(=O)C1=NN(c2ccccc2)C(c2cccs2)NN1C. The van der Waals surface area contributed by atoms with E-state index in [-0.39, 0.29) is 12.0 Å². The number of para-hydroxylation sites is 1. The number of anilines is 1. The van der Waals surface area contributed by atoms with Crippen LogP contribution in [0.25, 0.3) is 0 Å². The fraction of sp³-hybridized carbons (Fsp3) is 0.250. The summed E-state index contributed by atoms with van der Waals surface area (Å²) in [5.41, 5.74) is 4.19. The number of rotatable bonds is 4. The minimum absolute atomic E-state index is 0.180. The number of hydrogen-bond acceptors (Lipinski definition) is 7. The van der Waals surface area contributed by atoms with Gasteiger partial charge in [0, 0.05) is 11.9 Å². The Morgan fingerprint density at radius 2 is 2.09 bits per heavy atom. The smallest absolute Gasteiger partial charge is 0.377 e. The van der Waals surface area contributed by atoms with Gasteiger partial charge in [-0.15, -0.1) is 16.4 Å². The molecule has 1 unspecified atom stereocenters. The van der Waals surface area contributed by atoms with E-state index in [2.05, 4.69) is 10.5 Å². The van der Waals surface area contributed by atoms with E-state index in [1.807, 2.05) is 47.8 Å². The van der Waals surface area contributed by atoms with E-state index in [1.54, 1.807) is 35.3 Å². The second-order valence-corrected chi connectivity index (χ2v) is 5.91. The fourth-order valence-corrected chi connectivity index (χ4v) is 3.07. The molecule has 1 aliphatic rings. The molecule has 1 N–H and O–H groups in total. The van der Waals surface area contributed by atoms with Gasteiger partial charge < -0.3 is 4.74 Å². The van der Waals surface area contributed by atoms with Crippen LogP contribution in [0.4, 0.5) is 5.69 Å². The first-order valence-corrected chi connectivity index (χ1v) is 8.22. The summed E-state index contributed by atoms with van der Waals surface area (Å²) in [5, 5.41) is 9.97. The number of nitrogens with zero attached hydrogens (tertiary/aromatic N) is 3. The third kappa shape index (κ3) is 3.20. The molecule has 0 fully saturated rings. The third-order valence-corrected chi connectivity index (χ3v) is 4.30. The number of hydrazone groups is 1. The quantitative estimate of drug-likeness (QED) is 0.873. The second-order valence-electron chi connectivity index (χ2n) is 4.93. The molecule has 0 bridgehead atoms. The summed E-state index contributed by atoms with van der Waals surface area (Å²) in [6, 6.07) is 13.8. The lowest BCUT2D eigenvalue weighted by molar-refractivity contribution is -0.136. The van der Waals surface area contributed by atoms with E-state index in [0.29, 0.717) is 6.61 Å². The van der Waals surface area contributed by atoms with E-state index in [1.165, 1.54) is 0 Å². The molecule has 0 saturated heterocycles. The van der Waals surface area contributed by atoms with Gasteiger partial charge in [-0.3, -0.25) is 5.01 Å². The van der Waals surface area contributed by atoms with Crippen molar-refractivity contribution in [3.05, 3.63) is 52.7 Å². The Kier molecular flexibility index (Phi) is 4.59. The lowest BCUT2D eigenvalue weighted by atomic mass is 10.2. The Balaban J connectivity index is 2.01. The zero-order chi connectivity index (χ0) is 16.2. The van der Waals surface area contributed by atoms with Crippen LogP contribution < -0.4 is 10.4 Å². The standard InChI is InChI=1S/C16H18N4O2S/c1-3-22-16(21)15-18-20(12-8-5-4-6-9-12)14(17-19(15)2)13-10-7-11-23-13/h4-11,14,17H,3H2,1-2H3. The maximum atomic E-state index is 12.1. The summed E-state index contributed by atoms with van der Waals surface area (Å²) in [5.74, 6) is -0.225. The molecule has 0 saturated carbocycles. The van der Waals surface area contributed by atoms with Gasteiger partial charge in [-0.05, 0) is 30.5 Å². The number of benzene rings is 1. The lowest BCUT2D eigenvalue weighted by Crippen LogP contribution is -2.54. The van der Waals surface area contributed by atoms with Gasteiger partial charge in [0.05, 0.1) is 12.3 Å². The zero-order valence-corrected chi connectivity index (χ0v) is 13.8. The minimum Gasteiger partial charge on any atom is -0.460 e. The zero-order valence-electron chi connectivity index (χ0n) is 13.0. The van der Waals surface area contributed by atoms with Gasteiger partial charge in [-0.25, -0.2) is 15.2 Å². The third-order valence-electron chi connectivity index (χ3n) is 3.37. The number of esters is 1. The maximum Gasteiger partial charge on any atom is 0.377 e. The molecule has 6 nitrogen and oxygen atoms in total. The molecule has 1 aromatic heterocycles. The van der Waals surface area contributed by atoms with Crippen molar-refractivity contribution >= 4 is 28.8 Å². The number of amidine groups is 1. The van der Waals surface area contributed by atoms with E-state index in [0.717, 1.165) is 10.6 Å². The molecule has 0 radical (unpaired) electrons. The average Bonchev–Trinajstić information content (AvgIpc) is 3.10. The van der Waals surface area contributed by atoms with Gasteiger partial charge in [0.15, 0.2) is 6.17 Å². The Hall–Kier alpha value is -2.38. The highest BCUT2D eigenvalue weighted by atomic mass is 32.1. The minimum atomic E-state index is -0.451. The van der Waals surface area contributed by atoms with E-state index >= 15 is 0 Å². The first-order valence-electron chi connectivity index (χ1n) is 7.34. The summed E-state index contributed by atoms with van der Waals surface area (Å²) in [4.78, 5) is 13.2. The molecule has 0 aliphatic carbocycles. The highest BCUT2D eigenvalue weighted by Crippen LogP contribution is 2.30. The highest BCUT2D eigenvalue weighted by Gasteiger charge is 2.32. The summed E-state index contributed by atoms with van der Waals surface area (Å²) in [6.45, 7) is 2.09. The van der Waals surface area contributed by atoms with E-state index in [9.17, 15) is 4.79 Å². The van der Waals surface area contributed by atoms with Crippen LogP contribution in [0, 0.1) is 0 Å². The lowest BCUT2D eigenvalue weighted by Gasteiger charge is -2.38. The van der Waals surface area contributed by atoms with E-state index < -0.39 is 5.97 Å². The van der Waals surface area contributed by atoms with Crippen LogP contribution in [0.2, 0.25) is 0 Å². The van der Waals surface area contributed by atoms with Crippen molar-refractivity contribution in [2.24, 2.45) is 5.10 Å². The van der Waals surface area contributed by atoms with Crippen molar-refractivity contribution in [3.63, 3.8) is 0 Å².